The molecule has 2 aromatic rings. The number of amides is 1. The Morgan fingerprint density at radius 3 is 2.41 bits per heavy atom. The fourth-order valence-electron chi connectivity index (χ4n) is 3.47. The zero-order valence-electron chi connectivity index (χ0n) is 16.3. The quantitative estimate of drug-likeness (QED) is 0.544. The molecule has 0 fully saturated rings. The summed E-state index contributed by atoms with van der Waals surface area (Å²) in [6, 6.07) is 11.6. The van der Waals surface area contributed by atoms with Crippen molar-refractivity contribution >= 4 is 34.2 Å². The van der Waals surface area contributed by atoms with Gasteiger partial charge in [-0.2, -0.15) is 0 Å². The van der Waals surface area contributed by atoms with Gasteiger partial charge < -0.3 is 15.2 Å². The van der Waals surface area contributed by atoms with Crippen LogP contribution < -0.4 is 5.32 Å². The van der Waals surface area contributed by atoms with Gasteiger partial charge in [-0.3, -0.25) is 9.59 Å². The number of allylic oxidation sites excluding steroid dienone is 2. The van der Waals surface area contributed by atoms with Crippen LogP contribution in [0.2, 0.25) is 0 Å². The number of benzene rings is 1. The summed E-state index contributed by atoms with van der Waals surface area (Å²) in [5.41, 5.74) is 1.37. The molecule has 1 aromatic carbocycles. The number of carbonyl (C=O) groups excluding carboxylic acids is 2. The van der Waals surface area contributed by atoms with Crippen molar-refractivity contribution in [3.8, 4) is 0 Å². The molecule has 152 valence electrons. The molecule has 0 spiro atoms. The van der Waals surface area contributed by atoms with Gasteiger partial charge in [0.15, 0.2) is 0 Å². The van der Waals surface area contributed by atoms with E-state index in [0.29, 0.717) is 17.8 Å². The Hall–Kier alpha value is -2.93. The molecule has 1 heterocycles. The Morgan fingerprint density at radius 2 is 1.79 bits per heavy atom. The van der Waals surface area contributed by atoms with Crippen LogP contribution in [-0.4, -0.2) is 30.1 Å². The van der Waals surface area contributed by atoms with Gasteiger partial charge in [-0.25, -0.2) is 4.79 Å². The van der Waals surface area contributed by atoms with Crippen molar-refractivity contribution in [1.29, 1.82) is 0 Å². The van der Waals surface area contributed by atoms with Crippen molar-refractivity contribution in [2.75, 3.05) is 12.4 Å². The third-order valence-electron chi connectivity index (χ3n) is 5.21. The van der Waals surface area contributed by atoms with Gasteiger partial charge in [0.1, 0.15) is 5.00 Å². The number of rotatable bonds is 6. The Bertz CT molecular complexity index is 934. The predicted molar refractivity (Wildman–Crippen MR) is 111 cm³/mol. The lowest BCUT2D eigenvalue weighted by molar-refractivity contribution is -0.146. The van der Waals surface area contributed by atoms with Crippen LogP contribution in [0.25, 0.3) is 0 Å². The minimum absolute atomic E-state index is 0.0274. The molecule has 0 saturated carbocycles. The second kappa shape index (κ2) is 9.05. The SMILES string of the molecule is COC(=O)c1cc([C@H](C)c2ccccc2)sc1NC(=O)[C@H]1CC=CC[C@@H]1C(=O)O. The van der Waals surface area contributed by atoms with Gasteiger partial charge in [-0.05, 0) is 24.5 Å². The van der Waals surface area contributed by atoms with Crippen LogP contribution in [0, 0.1) is 11.8 Å². The first-order chi connectivity index (χ1) is 13.9. The zero-order chi connectivity index (χ0) is 21.0. The Kier molecular flexibility index (Phi) is 6.49. The topological polar surface area (TPSA) is 92.7 Å². The summed E-state index contributed by atoms with van der Waals surface area (Å²) in [6.45, 7) is 2.03. The first-order valence-electron chi connectivity index (χ1n) is 9.38. The molecule has 0 radical (unpaired) electrons. The smallest absolute Gasteiger partial charge is 0.340 e. The van der Waals surface area contributed by atoms with Gasteiger partial charge >= 0.3 is 11.9 Å². The van der Waals surface area contributed by atoms with Crippen molar-refractivity contribution in [3.05, 3.63) is 64.6 Å². The van der Waals surface area contributed by atoms with Crippen molar-refractivity contribution in [2.45, 2.75) is 25.7 Å². The molecule has 0 bridgehead atoms. The highest BCUT2D eigenvalue weighted by Crippen LogP contribution is 2.37. The molecule has 1 aliphatic rings. The van der Waals surface area contributed by atoms with Crippen molar-refractivity contribution in [1.82, 2.24) is 0 Å². The zero-order valence-corrected chi connectivity index (χ0v) is 17.1. The summed E-state index contributed by atoms with van der Waals surface area (Å²) in [6.07, 6.45) is 4.28. The first kappa shape index (κ1) is 20.8. The third-order valence-corrected chi connectivity index (χ3v) is 6.44. The minimum atomic E-state index is -0.993. The maximum absolute atomic E-state index is 12.8. The van der Waals surface area contributed by atoms with Crippen molar-refractivity contribution in [3.63, 3.8) is 0 Å². The van der Waals surface area contributed by atoms with Crippen molar-refractivity contribution < 1.29 is 24.2 Å². The molecule has 1 amide bonds. The summed E-state index contributed by atoms with van der Waals surface area (Å²) in [5, 5.41) is 12.6. The molecule has 0 aliphatic heterocycles. The lowest BCUT2D eigenvalue weighted by atomic mass is 9.82. The summed E-state index contributed by atoms with van der Waals surface area (Å²) < 4.78 is 4.87. The van der Waals surface area contributed by atoms with Crippen LogP contribution in [0.5, 0.6) is 0 Å². The molecule has 1 aromatic heterocycles. The molecule has 7 heteroatoms. The molecule has 3 rings (SSSR count). The largest absolute Gasteiger partial charge is 0.481 e. The number of nitrogens with one attached hydrogen (secondary N) is 1. The van der Waals surface area contributed by atoms with E-state index >= 15 is 0 Å². The van der Waals surface area contributed by atoms with E-state index in [4.69, 9.17) is 4.74 Å². The second-order valence-corrected chi connectivity index (χ2v) is 8.08. The van der Waals surface area contributed by atoms with Gasteiger partial charge in [0.25, 0.3) is 0 Å². The van der Waals surface area contributed by atoms with E-state index in [1.54, 1.807) is 12.1 Å². The number of hydrogen-bond donors (Lipinski definition) is 2. The lowest BCUT2D eigenvalue weighted by Gasteiger charge is -2.24. The summed E-state index contributed by atoms with van der Waals surface area (Å²) in [7, 11) is 1.29. The van der Waals surface area contributed by atoms with Gasteiger partial charge in [-0.15, -0.1) is 11.3 Å². The third kappa shape index (κ3) is 4.56. The van der Waals surface area contributed by atoms with E-state index in [-0.39, 0.29) is 11.5 Å². The molecule has 0 saturated heterocycles. The Morgan fingerprint density at radius 1 is 1.14 bits per heavy atom. The number of ether oxygens (including phenoxy) is 1. The van der Waals surface area contributed by atoms with Crippen LogP contribution in [0.4, 0.5) is 5.00 Å². The molecule has 6 nitrogen and oxygen atoms in total. The lowest BCUT2D eigenvalue weighted by Crippen LogP contribution is -2.34. The van der Waals surface area contributed by atoms with E-state index in [0.717, 1.165) is 10.4 Å². The molecule has 1 aliphatic carbocycles. The van der Waals surface area contributed by atoms with Crippen LogP contribution in [0.15, 0.2) is 48.6 Å². The van der Waals surface area contributed by atoms with Gasteiger partial charge in [0, 0.05) is 10.8 Å². The number of carboxylic acids is 1. The average molecular weight is 413 g/mol. The standard InChI is InChI=1S/C22H23NO5S/c1-13(14-8-4-3-5-9-14)18-12-17(22(27)28-2)20(29-18)23-19(24)15-10-6-7-11-16(15)21(25)26/h3-9,12-13,15-16H,10-11H2,1-2H3,(H,23,24)(H,25,26)/t13-,15+,16+/m1/s1. The second-order valence-electron chi connectivity index (χ2n) is 7.00. The number of carboxylic acid groups (broad SMARTS) is 1. The van der Waals surface area contributed by atoms with E-state index < -0.39 is 29.7 Å². The fourth-order valence-corrected chi connectivity index (χ4v) is 4.59. The summed E-state index contributed by atoms with van der Waals surface area (Å²) in [5.74, 6) is -3.36. The summed E-state index contributed by atoms with van der Waals surface area (Å²) in [4.78, 5) is 37.5. The number of thiophene rings is 1. The highest BCUT2D eigenvalue weighted by Gasteiger charge is 2.35. The van der Waals surface area contributed by atoms with E-state index in [1.807, 2.05) is 43.3 Å². The number of anilines is 1. The van der Waals surface area contributed by atoms with E-state index in [2.05, 4.69) is 5.32 Å². The molecule has 2 N–H and O–H groups in total. The minimum Gasteiger partial charge on any atom is -0.481 e. The number of carbonyl (C=O) groups is 3. The highest BCUT2D eigenvalue weighted by atomic mass is 32.1. The van der Waals surface area contributed by atoms with Gasteiger partial charge in [0.05, 0.1) is 24.5 Å². The molecule has 29 heavy (non-hydrogen) atoms. The van der Waals surface area contributed by atoms with E-state index in [9.17, 15) is 19.5 Å². The average Bonchev–Trinajstić information content (AvgIpc) is 3.16. The number of esters is 1. The molecule has 0 unspecified atom stereocenters. The number of aliphatic carboxylic acids is 1. The maximum Gasteiger partial charge on any atom is 0.340 e. The normalized spacial score (nSPS) is 19.4. The molecule has 3 atom stereocenters. The Labute approximate surface area is 173 Å². The molecular formula is C22H23NO5S. The van der Waals surface area contributed by atoms with Crippen LogP contribution in [0.1, 0.15) is 46.5 Å². The monoisotopic (exact) mass is 413 g/mol. The summed E-state index contributed by atoms with van der Waals surface area (Å²) >= 11 is 1.31. The van der Waals surface area contributed by atoms with Gasteiger partial charge in [-0.1, -0.05) is 49.4 Å². The van der Waals surface area contributed by atoms with Crippen molar-refractivity contribution in [2.24, 2.45) is 11.8 Å². The fraction of sp³-hybridized carbons (Fsp3) is 0.318. The first-order valence-corrected chi connectivity index (χ1v) is 10.2. The van der Waals surface area contributed by atoms with Crippen LogP contribution in [0.3, 0.4) is 0 Å². The highest BCUT2D eigenvalue weighted by molar-refractivity contribution is 7.16. The molecular weight excluding hydrogens is 390 g/mol. The Balaban J connectivity index is 1.88. The number of hydrogen-bond acceptors (Lipinski definition) is 5. The maximum atomic E-state index is 12.8. The van der Waals surface area contributed by atoms with Gasteiger partial charge in [0.2, 0.25) is 5.91 Å². The van der Waals surface area contributed by atoms with Crippen LogP contribution in [-0.2, 0) is 14.3 Å². The number of methoxy groups -OCH3 is 1. The predicted octanol–water partition coefficient (Wildman–Crippen LogP) is 4.29. The van der Waals surface area contributed by atoms with Crippen LogP contribution >= 0.6 is 11.3 Å². The van der Waals surface area contributed by atoms with E-state index in [1.165, 1.54) is 18.4 Å².